The molecule has 3 aromatic heterocycles. The molecule has 98 valence electrons. The van der Waals surface area contributed by atoms with Gasteiger partial charge in [0.05, 0.1) is 11.9 Å². The molecule has 0 atom stereocenters. The van der Waals surface area contributed by atoms with Gasteiger partial charge in [-0.1, -0.05) is 13.3 Å². The van der Waals surface area contributed by atoms with E-state index in [2.05, 4.69) is 32.5 Å². The third-order valence-corrected chi connectivity index (χ3v) is 2.98. The maximum Gasteiger partial charge on any atom is 0.154 e. The number of aromatic amines is 1. The van der Waals surface area contributed by atoms with Crippen molar-refractivity contribution in [3.05, 3.63) is 30.6 Å². The molecular formula is C13H16N6. The number of nitrogens with zero attached hydrogens (tertiary/aromatic N) is 4. The highest BCUT2D eigenvalue weighted by Crippen LogP contribution is 2.18. The first kappa shape index (κ1) is 11.7. The van der Waals surface area contributed by atoms with Crippen LogP contribution in [0.3, 0.4) is 0 Å². The van der Waals surface area contributed by atoms with Gasteiger partial charge in [-0.2, -0.15) is 5.10 Å². The molecule has 0 aliphatic heterocycles. The van der Waals surface area contributed by atoms with Gasteiger partial charge < -0.3 is 5.32 Å². The average Bonchev–Trinajstić information content (AvgIpc) is 3.07. The van der Waals surface area contributed by atoms with Gasteiger partial charge in [0.1, 0.15) is 11.5 Å². The van der Waals surface area contributed by atoms with Crippen LogP contribution in [0.5, 0.6) is 0 Å². The molecule has 0 unspecified atom stereocenters. The summed E-state index contributed by atoms with van der Waals surface area (Å²) in [4.78, 5) is 4.34. The van der Waals surface area contributed by atoms with Gasteiger partial charge >= 0.3 is 0 Å². The van der Waals surface area contributed by atoms with Crippen molar-refractivity contribution in [2.75, 3.05) is 11.9 Å². The lowest BCUT2D eigenvalue weighted by atomic mass is 10.3. The van der Waals surface area contributed by atoms with Gasteiger partial charge in [-0.15, -0.1) is 5.10 Å². The van der Waals surface area contributed by atoms with Crippen LogP contribution < -0.4 is 5.32 Å². The minimum atomic E-state index is 0.825. The van der Waals surface area contributed by atoms with Crippen molar-refractivity contribution in [1.29, 1.82) is 0 Å². The molecule has 0 aliphatic rings. The van der Waals surface area contributed by atoms with Gasteiger partial charge in [0.2, 0.25) is 0 Å². The van der Waals surface area contributed by atoms with Crippen LogP contribution in [0.2, 0.25) is 0 Å². The fraction of sp³-hybridized carbons (Fsp3) is 0.308. The van der Waals surface area contributed by atoms with E-state index in [4.69, 9.17) is 0 Å². The molecule has 0 saturated carbocycles. The van der Waals surface area contributed by atoms with Crippen molar-refractivity contribution in [3.8, 4) is 11.4 Å². The average molecular weight is 256 g/mol. The Balaban J connectivity index is 1.94. The molecule has 0 spiro atoms. The monoisotopic (exact) mass is 256 g/mol. The Morgan fingerprint density at radius 3 is 3.05 bits per heavy atom. The summed E-state index contributed by atoms with van der Waals surface area (Å²) in [5.74, 6) is 0.861. The molecule has 2 N–H and O–H groups in total. The molecule has 0 saturated heterocycles. The van der Waals surface area contributed by atoms with Crippen molar-refractivity contribution >= 4 is 11.5 Å². The number of fused-ring (bicyclic) bond motifs is 1. The van der Waals surface area contributed by atoms with Crippen molar-refractivity contribution in [2.45, 2.75) is 19.8 Å². The van der Waals surface area contributed by atoms with Crippen LogP contribution in [0.4, 0.5) is 5.82 Å². The lowest BCUT2D eigenvalue weighted by Crippen LogP contribution is -2.05. The molecule has 0 radical (unpaired) electrons. The van der Waals surface area contributed by atoms with Crippen molar-refractivity contribution in [2.24, 2.45) is 0 Å². The van der Waals surface area contributed by atoms with Gasteiger partial charge in [-0.25, -0.2) is 9.50 Å². The summed E-state index contributed by atoms with van der Waals surface area (Å²) in [6, 6.07) is 5.82. The topological polar surface area (TPSA) is 70.9 Å². The summed E-state index contributed by atoms with van der Waals surface area (Å²) < 4.78 is 1.82. The number of hydrogen-bond acceptors (Lipinski definition) is 4. The third-order valence-electron chi connectivity index (χ3n) is 2.98. The number of aromatic nitrogens is 5. The first-order chi connectivity index (χ1) is 9.38. The quantitative estimate of drug-likeness (QED) is 0.687. The molecule has 19 heavy (non-hydrogen) atoms. The molecule has 0 fully saturated rings. The highest BCUT2D eigenvalue weighted by molar-refractivity contribution is 5.59. The Labute approximate surface area is 110 Å². The normalized spacial score (nSPS) is 11.0. The molecule has 0 aliphatic carbocycles. The van der Waals surface area contributed by atoms with Crippen LogP contribution in [-0.2, 0) is 0 Å². The summed E-state index contributed by atoms with van der Waals surface area (Å²) in [5, 5.41) is 14.8. The first-order valence-corrected chi connectivity index (χ1v) is 6.47. The predicted molar refractivity (Wildman–Crippen MR) is 74.0 cm³/mol. The van der Waals surface area contributed by atoms with E-state index in [1.165, 1.54) is 6.42 Å². The fourth-order valence-corrected chi connectivity index (χ4v) is 1.94. The minimum Gasteiger partial charge on any atom is -0.369 e. The van der Waals surface area contributed by atoms with Crippen molar-refractivity contribution in [1.82, 2.24) is 24.8 Å². The maximum atomic E-state index is 4.56. The lowest BCUT2D eigenvalue weighted by molar-refractivity contribution is 0.823. The summed E-state index contributed by atoms with van der Waals surface area (Å²) >= 11 is 0. The Morgan fingerprint density at radius 1 is 1.32 bits per heavy atom. The number of unbranched alkanes of at least 4 members (excludes halogenated alkanes) is 1. The molecule has 3 aromatic rings. The highest BCUT2D eigenvalue weighted by Gasteiger charge is 2.08. The zero-order chi connectivity index (χ0) is 13.1. The van der Waals surface area contributed by atoms with Gasteiger partial charge in [-0.3, -0.25) is 5.10 Å². The second-order valence-electron chi connectivity index (χ2n) is 4.38. The summed E-state index contributed by atoms with van der Waals surface area (Å²) in [7, 11) is 0. The van der Waals surface area contributed by atoms with Gasteiger partial charge in [0, 0.05) is 12.7 Å². The van der Waals surface area contributed by atoms with Crippen LogP contribution in [0, 0.1) is 0 Å². The van der Waals surface area contributed by atoms with E-state index >= 15 is 0 Å². The van der Waals surface area contributed by atoms with E-state index in [1.807, 2.05) is 22.7 Å². The molecule has 6 nitrogen and oxygen atoms in total. The lowest BCUT2D eigenvalue weighted by Gasteiger charge is -2.05. The number of hydrogen-bond donors (Lipinski definition) is 2. The third kappa shape index (κ3) is 2.29. The van der Waals surface area contributed by atoms with Crippen molar-refractivity contribution in [3.63, 3.8) is 0 Å². The molecule has 6 heteroatoms. The zero-order valence-corrected chi connectivity index (χ0v) is 10.8. The van der Waals surface area contributed by atoms with Crippen LogP contribution >= 0.6 is 0 Å². The Kier molecular flexibility index (Phi) is 3.14. The van der Waals surface area contributed by atoms with Gasteiger partial charge in [0.15, 0.2) is 5.65 Å². The molecule has 3 heterocycles. The van der Waals surface area contributed by atoms with E-state index < -0.39 is 0 Å². The SMILES string of the molecule is CCCCNc1ccc2ncc(-c3ccn[nH]3)n2n1. The largest absolute Gasteiger partial charge is 0.369 e. The summed E-state index contributed by atoms with van der Waals surface area (Å²) in [6.45, 7) is 3.10. The van der Waals surface area contributed by atoms with Crippen LogP contribution in [0.15, 0.2) is 30.6 Å². The summed E-state index contributed by atoms with van der Waals surface area (Å²) in [5.41, 5.74) is 2.64. The Morgan fingerprint density at radius 2 is 2.26 bits per heavy atom. The molecule has 0 amide bonds. The maximum absolute atomic E-state index is 4.56. The van der Waals surface area contributed by atoms with E-state index in [0.717, 1.165) is 35.8 Å². The number of anilines is 1. The highest BCUT2D eigenvalue weighted by atomic mass is 15.3. The minimum absolute atomic E-state index is 0.825. The fourth-order valence-electron chi connectivity index (χ4n) is 1.94. The zero-order valence-electron chi connectivity index (χ0n) is 10.8. The molecule has 3 rings (SSSR count). The number of nitrogens with one attached hydrogen (secondary N) is 2. The predicted octanol–water partition coefficient (Wildman–Crippen LogP) is 2.33. The number of rotatable bonds is 5. The van der Waals surface area contributed by atoms with Gasteiger partial charge in [0.25, 0.3) is 0 Å². The standard InChI is InChI=1S/C13H16N6/c1-2-3-7-14-12-4-5-13-15-9-11(19(13)18-12)10-6-8-16-17-10/h4-6,8-9H,2-3,7H2,1H3,(H,14,18)(H,16,17). The Hall–Kier alpha value is -2.37. The molecular weight excluding hydrogens is 240 g/mol. The molecule has 0 bridgehead atoms. The summed E-state index contributed by atoms with van der Waals surface area (Å²) in [6.07, 6.45) is 5.82. The van der Waals surface area contributed by atoms with Crippen LogP contribution in [0.25, 0.3) is 17.0 Å². The first-order valence-electron chi connectivity index (χ1n) is 6.47. The number of imidazole rings is 1. The van der Waals surface area contributed by atoms with Crippen LogP contribution in [-0.4, -0.2) is 31.3 Å². The van der Waals surface area contributed by atoms with E-state index in [-0.39, 0.29) is 0 Å². The van der Waals surface area contributed by atoms with Gasteiger partial charge in [-0.05, 0) is 24.6 Å². The van der Waals surface area contributed by atoms with E-state index in [0.29, 0.717) is 0 Å². The van der Waals surface area contributed by atoms with E-state index in [9.17, 15) is 0 Å². The second kappa shape index (κ2) is 5.09. The number of H-pyrrole nitrogens is 1. The van der Waals surface area contributed by atoms with Crippen molar-refractivity contribution < 1.29 is 0 Å². The Bertz CT molecular complexity index is 655. The second-order valence-corrected chi connectivity index (χ2v) is 4.38. The molecule has 0 aromatic carbocycles. The van der Waals surface area contributed by atoms with Crippen LogP contribution in [0.1, 0.15) is 19.8 Å². The smallest absolute Gasteiger partial charge is 0.154 e. The van der Waals surface area contributed by atoms with E-state index in [1.54, 1.807) is 12.4 Å².